The smallest absolute Gasteiger partial charge is 0.319 e. The van der Waals surface area contributed by atoms with E-state index in [4.69, 9.17) is 21.1 Å². The Morgan fingerprint density at radius 2 is 1.92 bits per heavy atom. The zero-order chi connectivity index (χ0) is 17.2. The first-order chi connectivity index (χ1) is 11.7. The summed E-state index contributed by atoms with van der Waals surface area (Å²) in [6.45, 7) is 4.74. The minimum absolute atomic E-state index is 0.310. The van der Waals surface area contributed by atoms with E-state index in [0.29, 0.717) is 42.0 Å². The molecule has 2 rings (SSSR count). The molecule has 0 heterocycles. The zero-order valence-electron chi connectivity index (χ0n) is 13.1. The lowest BCUT2D eigenvalue weighted by Gasteiger charge is -2.10. The number of nitrogens with one attached hydrogen (secondary N) is 2. The lowest BCUT2D eigenvalue weighted by atomic mass is 10.3. The van der Waals surface area contributed by atoms with Gasteiger partial charge in [0.25, 0.3) is 0 Å². The Hall–Kier alpha value is -2.66. The van der Waals surface area contributed by atoms with Crippen LogP contribution in [0.3, 0.4) is 0 Å². The van der Waals surface area contributed by atoms with Crippen molar-refractivity contribution in [3.8, 4) is 11.5 Å². The van der Waals surface area contributed by atoms with Gasteiger partial charge in [-0.05, 0) is 36.4 Å². The number of anilines is 1. The topological polar surface area (TPSA) is 59.6 Å². The van der Waals surface area contributed by atoms with Crippen LogP contribution < -0.4 is 20.1 Å². The summed E-state index contributed by atoms with van der Waals surface area (Å²) in [5.74, 6) is 1.37. The predicted octanol–water partition coefficient (Wildman–Crippen LogP) is 4.11. The van der Waals surface area contributed by atoms with Gasteiger partial charge in [-0.2, -0.15) is 0 Å². The molecule has 0 aromatic heterocycles. The molecule has 0 unspecified atom stereocenters. The summed E-state index contributed by atoms with van der Waals surface area (Å²) in [7, 11) is 0. The first kappa shape index (κ1) is 17.7. The van der Waals surface area contributed by atoms with Crippen molar-refractivity contribution in [2.24, 2.45) is 0 Å². The Morgan fingerprint density at radius 3 is 2.67 bits per heavy atom. The third kappa shape index (κ3) is 6.22. The quantitative estimate of drug-likeness (QED) is 0.558. The van der Waals surface area contributed by atoms with Crippen molar-refractivity contribution in [2.45, 2.75) is 0 Å². The number of rotatable bonds is 8. The molecule has 0 radical (unpaired) electrons. The van der Waals surface area contributed by atoms with Gasteiger partial charge in [-0.15, -0.1) is 0 Å². The first-order valence-electron chi connectivity index (χ1n) is 7.44. The summed E-state index contributed by atoms with van der Waals surface area (Å²) in [5, 5.41) is 6.11. The second-order valence-corrected chi connectivity index (χ2v) is 5.25. The highest BCUT2D eigenvalue weighted by Crippen LogP contribution is 2.17. The lowest BCUT2D eigenvalue weighted by molar-refractivity contribution is 0.247. The van der Waals surface area contributed by atoms with Crippen LogP contribution in [-0.2, 0) is 0 Å². The second-order valence-electron chi connectivity index (χ2n) is 4.81. The molecule has 2 N–H and O–H groups in total. The van der Waals surface area contributed by atoms with Crippen LogP contribution in [0.1, 0.15) is 0 Å². The van der Waals surface area contributed by atoms with Crippen molar-refractivity contribution in [3.05, 3.63) is 66.2 Å². The molecule has 0 atom stereocenters. The van der Waals surface area contributed by atoms with Gasteiger partial charge in [0.15, 0.2) is 0 Å². The largest absolute Gasteiger partial charge is 0.492 e. The average molecular weight is 347 g/mol. The molecule has 2 aromatic rings. The highest BCUT2D eigenvalue weighted by molar-refractivity contribution is 6.30. The van der Waals surface area contributed by atoms with E-state index in [2.05, 4.69) is 17.2 Å². The summed E-state index contributed by atoms with van der Waals surface area (Å²) in [4.78, 5) is 11.8. The van der Waals surface area contributed by atoms with Crippen molar-refractivity contribution in [3.63, 3.8) is 0 Å². The Bertz CT molecular complexity index is 674. The van der Waals surface area contributed by atoms with Crippen LogP contribution in [0.5, 0.6) is 11.5 Å². The van der Waals surface area contributed by atoms with Crippen molar-refractivity contribution in [1.29, 1.82) is 0 Å². The SMILES string of the molecule is C=CCOc1cccc(NC(=O)NCCOc2ccc(Cl)cc2)c1. The molecular formula is C18H19ClN2O3. The fraction of sp³-hybridized carbons (Fsp3) is 0.167. The molecule has 0 fully saturated rings. The highest BCUT2D eigenvalue weighted by atomic mass is 35.5. The van der Waals surface area contributed by atoms with Crippen LogP contribution in [0.15, 0.2) is 61.2 Å². The minimum atomic E-state index is -0.310. The molecule has 2 amide bonds. The average Bonchev–Trinajstić information content (AvgIpc) is 2.59. The van der Waals surface area contributed by atoms with E-state index >= 15 is 0 Å². The lowest BCUT2D eigenvalue weighted by Crippen LogP contribution is -2.32. The maximum absolute atomic E-state index is 11.8. The standard InChI is InChI=1S/C18H19ClN2O3/c1-2-11-23-17-5-3-4-15(13-17)21-18(22)20-10-12-24-16-8-6-14(19)7-9-16/h2-9,13H,1,10-12H2,(H2,20,21,22). The van der Waals surface area contributed by atoms with E-state index in [1.54, 1.807) is 48.5 Å². The number of urea groups is 1. The minimum Gasteiger partial charge on any atom is -0.492 e. The van der Waals surface area contributed by atoms with Crippen molar-refractivity contribution in [2.75, 3.05) is 25.1 Å². The molecule has 0 saturated carbocycles. The fourth-order valence-corrected chi connectivity index (χ4v) is 1.98. The number of carbonyl (C=O) groups is 1. The molecule has 0 aliphatic carbocycles. The molecule has 0 aliphatic heterocycles. The number of ether oxygens (including phenoxy) is 2. The van der Waals surface area contributed by atoms with Gasteiger partial charge in [-0.1, -0.05) is 30.3 Å². The van der Waals surface area contributed by atoms with Crippen LogP contribution >= 0.6 is 11.6 Å². The van der Waals surface area contributed by atoms with Crippen LogP contribution in [0.4, 0.5) is 10.5 Å². The molecule has 24 heavy (non-hydrogen) atoms. The van der Waals surface area contributed by atoms with E-state index in [0.717, 1.165) is 0 Å². The summed E-state index contributed by atoms with van der Waals surface area (Å²) in [5.41, 5.74) is 0.646. The van der Waals surface area contributed by atoms with Gasteiger partial charge < -0.3 is 20.1 Å². The van der Waals surface area contributed by atoms with Gasteiger partial charge in [-0.3, -0.25) is 0 Å². The summed E-state index contributed by atoms with van der Waals surface area (Å²) < 4.78 is 10.9. The molecule has 0 bridgehead atoms. The van der Waals surface area contributed by atoms with Crippen LogP contribution in [0, 0.1) is 0 Å². The van der Waals surface area contributed by atoms with Gasteiger partial charge in [-0.25, -0.2) is 4.79 Å². The van der Waals surface area contributed by atoms with Gasteiger partial charge in [0, 0.05) is 16.8 Å². The Balaban J connectivity index is 1.71. The van der Waals surface area contributed by atoms with E-state index in [-0.39, 0.29) is 6.03 Å². The number of amides is 2. The first-order valence-corrected chi connectivity index (χ1v) is 7.82. The maximum Gasteiger partial charge on any atom is 0.319 e. The summed E-state index contributed by atoms with van der Waals surface area (Å²) >= 11 is 5.80. The number of hydrogen-bond donors (Lipinski definition) is 2. The Morgan fingerprint density at radius 1 is 1.12 bits per heavy atom. The molecule has 5 nitrogen and oxygen atoms in total. The van der Waals surface area contributed by atoms with E-state index in [1.165, 1.54) is 0 Å². The molecule has 126 valence electrons. The van der Waals surface area contributed by atoms with Gasteiger partial charge in [0.05, 0.1) is 6.54 Å². The highest BCUT2D eigenvalue weighted by Gasteiger charge is 2.02. The molecule has 2 aromatic carbocycles. The van der Waals surface area contributed by atoms with Crippen LogP contribution in [-0.4, -0.2) is 25.8 Å². The summed E-state index contributed by atoms with van der Waals surface area (Å²) in [6, 6.07) is 13.9. The van der Waals surface area contributed by atoms with Crippen molar-refractivity contribution >= 4 is 23.3 Å². The Kier molecular flexibility index (Phi) is 6.98. The maximum atomic E-state index is 11.8. The molecule has 6 heteroatoms. The second kappa shape index (κ2) is 9.47. The molecule has 0 spiro atoms. The predicted molar refractivity (Wildman–Crippen MR) is 96.1 cm³/mol. The van der Waals surface area contributed by atoms with E-state index < -0.39 is 0 Å². The van der Waals surface area contributed by atoms with Crippen LogP contribution in [0.2, 0.25) is 5.02 Å². The van der Waals surface area contributed by atoms with Gasteiger partial charge >= 0.3 is 6.03 Å². The molecule has 0 aliphatic rings. The van der Waals surface area contributed by atoms with Crippen molar-refractivity contribution < 1.29 is 14.3 Å². The van der Waals surface area contributed by atoms with Crippen LogP contribution in [0.25, 0.3) is 0 Å². The third-order valence-electron chi connectivity index (χ3n) is 2.93. The monoisotopic (exact) mass is 346 g/mol. The fourth-order valence-electron chi connectivity index (χ4n) is 1.86. The Labute approximate surface area is 146 Å². The molecular weight excluding hydrogens is 328 g/mol. The number of hydrogen-bond acceptors (Lipinski definition) is 3. The summed E-state index contributed by atoms with van der Waals surface area (Å²) in [6.07, 6.45) is 1.66. The third-order valence-corrected chi connectivity index (χ3v) is 3.18. The van der Waals surface area contributed by atoms with E-state index in [1.807, 2.05) is 6.07 Å². The normalized spacial score (nSPS) is 9.88. The molecule has 0 saturated heterocycles. The number of benzene rings is 2. The number of halogens is 1. The van der Waals surface area contributed by atoms with Gasteiger partial charge in [0.1, 0.15) is 24.7 Å². The zero-order valence-corrected chi connectivity index (χ0v) is 13.9. The van der Waals surface area contributed by atoms with E-state index in [9.17, 15) is 4.79 Å². The van der Waals surface area contributed by atoms with Gasteiger partial charge in [0.2, 0.25) is 0 Å². The van der Waals surface area contributed by atoms with Crippen molar-refractivity contribution in [1.82, 2.24) is 5.32 Å². The number of carbonyl (C=O) groups excluding carboxylic acids is 1.